The molecule has 0 heterocycles. The van der Waals surface area contributed by atoms with Gasteiger partial charge in [0.15, 0.2) is 0 Å². The molecule has 0 aromatic rings. The lowest BCUT2D eigenvalue weighted by Crippen LogP contribution is -2.16. The summed E-state index contributed by atoms with van der Waals surface area (Å²) in [5, 5.41) is 0. The lowest BCUT2D eigenvalue weighted by atomic mass is 10.2. The van der Waals surface area contributed by atoms with E-state index in [2.05, 4.69) is 0 Å². The van der Waals surface area contributed by atoms with Gasteiger partial charge < -0.3 is 11.5 Å². The number of nitrogens with two attached hydrogens (primary N) is 2. The molecule has 0 radical (unpaired) electrons. The molecule has 0 amide bonds. The fraction of sp³-hybridized carbons (Fsp3) is 1.00. The maximum atomic E-state index is 5.42. The molecular weight excluding hydrogens is 124 g/mol. The maximum Gasteiger partial charge on any atom is 0.00109 e. The van der Waals surface area contributed by atoms with Crippen molar-refractivity contribution >= 4 is 12.4 Å². The molecule has 0 bridgehead atoms. The van der Waals surface area contributed by atoms with E-state index in [1.54, 1.807) is 0 Å². The van der Waals surface area contributed by atoms with E-state index < -0.39 is 0 Å². The summed E-state index contributed by atoms with van der Waals surface area (Å²) in [6, 6.07) is 0.323. The van der Waals surface area contributed by atoms with Crippen molar-refractivity contribution in [1.29, 1.82) is 0 Å². The molecule has 0 aromatic heterocycles. The zero-order chi connectivity index (χ0) is 5.70. The number of hydrogen-bond acceptors (Lipinski definition) is 2. The molecule has 3 heteroatoms. The standard InChI is InChI=1S/C5H14N2.ClH/c1-5(7)3-2-4-6;/h5H,2-4,6-7H2,1H3;1H. The van der Waals surface area contributed by atoms with Crippen LogP contribution in [0, 0.1) is 0 Å². The van der Waals surface area contributed by atoms with E-state index in [0.717, 1.165) is 19.4 Å². The van der Waals surface area contributed by atoms with Gasteiger partial charge in [-0.2, -0.15) is 0 Å². The Morgan fingerprint density at radius 2 is 2.00 bits per heavy atom. The summed E-state index contributed by atoms with van der Waals surface area (Å²) < 4.78 is 0. The van der Waals surface area contributed by atoms with Crippen LogP contribution in [-0.4, -0.2) is 12.6 Å². The normalized spacial score (nSPS) is 12.4. The SMILES string of the molecule is CC(N)CCCN.Cl. The Labute approximate surface area is 57.0 Å². The summed E-state index contributed by atoms with van der Waals surface area (Å²) in [6.07, 6.45) is 2.11. The van der Waals surface area contributed by atoms with Gasteiger partial charge in [0.25, 0.3) is 0 Å². The summed E-state index contributed by atoms with van der Waals surface area (Å²) in [5.74, 6) is 0. The minimum absolute atomic E-state index is 0. The molecule has 2 nitrogen and oxygen atoms in total. The highest BCUT2D eigenvalue weighted by Gasteiger charge is 1.88. The average molecular weight is 139 g/mol. The molecule has 0 aliphatic carbocycles. The van der Waals surface area contributed by atoms with Crippen molar-refractivity contribution < 1.29 is 0 Å². The van der Waals surface area contributed by atoms with Crippen LogP contribution in [-0.2, 0) is 0 Å². The van der Waals surface area contributed by atoms with E-state index in [1.807, 2.05) is 6.92 Å². The molecule has 4 N–H and O–H groups in total. The van der Waals surface area contributed by atoms with Crippen LogP contribution in [0.15, 0.2) is 0 Å². The molecule has 0 fully saturated rings. The summed E-state index contributed by atoms with van der Waals surface area (Å²) in [5.41, 5.74) is 10.6. The lowest BCUT2D eigenvalue weighted by molar-refractivity contribution is 0.631. The molecule has 8 heavy (non-hydrogen) atoms. The van der Waals surface area contributed by atoms with Crippen LogP contribution in [0.3, 0.4) is 0 Å². The highest BCUT2D eigenvalue weighted by Crippen LogP contribution is 1.88. The molecule has 1 atom stereocenters. The van der Waals surface area contributed by atoms with Crippen molar-refractivity contribution in [2.45, 2.75) is 25.8 Å². The Kier molecular flexibility index (Phi) is 9.97. The van der Waals surface area contributed by atoms with E-state index in [-0.39, 0.29) is 12.4 Å². The Balaban J connectivity index is 0. The van der Waals surface area contributed by atoms with Crippen molar-refractivity contribution in [3.05, 3.63) is 0 Å². The summed E-state index contributed by atoms with van der Waals surface area (Å²) in [4.78, 5) is 0. The molecule has 0 saturated carbocycles. The third-order valence-electron chi connectivity index (χ3n) is 0.864. The van der Waals surface area contributed by atoms with Crippen LogP contribution in [0.4, 0.5) is 0 Å². The van der Waals surface area contributed by atoms with Gasteiger partial charge in [0.2, 0.25) is 0 Å². The lowest BCUT2D eigenvalue weighted by Gasteiger charge is -1.99. The van der Waals surface area contributed by atoms with Gasteiger partial charge in [-0.1, -0.05) is 0 Å². The van der Waals surface area contributed by atoms with Crippen LogP contribution < -0.4 is 11.5 Å². The van der Waals surface area contributed by atoms with Gasteiger partial charge >= 0.3 is 0 Å². The minimum Gasteiger partial charge on any atom is -0.330 e. The van der Waals surface area contributed by atoms with Gasteiger partial charge in [0, 0.05) is 6.04 Å². The molecule has 0 spiro atoms. The van der Waals surface area contributed by atoms with Crippen LogP contribution in [0.25, 0.3) is 0 Å². The Morgan fingerprint density at radius 1 is 1.50 bits per heavy atom. The molecule has 0 rings (SSSR count). The third kappa shape index (κ3) is 9.51. The van der Waals surface area contributed by atoms with Gasteiger partial charge in [-0.25, -0.2) is 0 Å². The first kappa shape index (κ1) is 11.1. The van der Waals surface area contributed by atoms with Crippen molar-refractivity contribution in [2.24, 2.45) is 11.5 Å². The average Bonchev–Trinajstić information content (AvgIpc) is 1.61. The fourth-order valence-electron chi connectivity index (χ4n) is 0.440. The van der Waals surface area contributed by atoms with Crippen LogP contribution >= 0.6 is 12.4 Å². The van der Waals surface area contributed by atoms with Crippen molar-refractivity contribution in [3.8, 4) is 0 Å². The molecule has 0 aliphatic rings. The van der Waals surface area contributed by atoms with Crippen LogP contribution in [0.1, 0.15) is 19.8 Å². The van der Waals surface area contributed by atoms with Crippen LogP contribution in [0.2, 0.25) is 0 Å². The van der Waals surface area contributed by atoms with E-state index in [9.17, 15) is 0 Å². The highest BCUT2D eigenvalue weighted by atomic mass is 35.5. The quantitative estimate of drug-likeness (QED) is 0.597. The molecule has 0 saturated heterocycles. The molecular formula is C5H15ClN2. The Morgan fingerprint density at radius 3 is 2.12 bits per heavy atom. The minimum atomic E-state index is 0. The van der Waals surface area contributed by atoms with Crippen molar-refractivity contribution in [2.75, 3.05) is 6.54 Å². The smallest absolute Gasteiger partial charge is 0.00109 e. The summed E-state index contributed by atoms with van der Waals surface area (Å²) in [6.45, 7) is 2.76. The van der Waals surface area contributed by atoms with Gasteiger partial charge in [-0.05, 0) is 26.3 Å². The Bertz CT molecular complexity index is 39.4. The highest BCUT2D eigenvalue weighted by molar-refractivity contribution is 5.85. The van der Waals surface area contributed by atoms with E-state index in [1.165, 1.54) is 0 Å². The summed E-state index contributed by atoms with van der Waals surface area (Å²) in [7, 11) is 0. The number of halogens is 1. The Hall–Kier alpha value is 0.210. The maximum absolute atomic E-state index is 5.42. The van der Waals surface area contributed by atoms with Gasteiger partial charge in [0.05, 0.1) is 0 Å². The fourth-order valence-corrected chi connectivity index (χ4v) is 0.440. The summed E-state index contributed by atoms with van der Waals surface area (Å²) >= 11 is 0. The first-order valence-electron chi connectivity index (χ1n) is 2.73. The number of hydrogen-bond donors (Lipinski definition) is 2. The third-order valence-corrected chi connectivity index (χ3v) is 0.864. The van der Waals surface area contributed by atoms with E-state index in [0.29, 0.717) is 6.04 Å². The van der Waals surface area contributed by atoms with Gasteiger partial charge in [-0.3, -0.25) is 0 Å². The molecule has 52 valence electrons. The first-order chi connectivity index (χ1) is 3.27. The predicted octanol–water partition coefficient (Wildman–Crippen LogP) is 0.494. The molecule has 0 aliphatic heterocycles. The van der Waals surface area contributed by atoms with E-state index >= 15 is 0 Å². The topological polar surface area (TPSA) is 52.0 Å². The first-order valence-corrected chi connectivity index (χ1v) is 2.73. The van der Waals surface area contributed by atoms with Gasteiger partial charge in [-0.15, -0.1) is 12.4 Å². The second-order valence-electron chi connectivity index (χ2n) is 1.91. The van der Waals surface area contributed by atoms with Crippen LogP contribution in [0.5, 0.6) is 0 Å². The second kappa shape index (κ2) is 7.21. The van der Waals surface area contributed by atoms with Crippen molar-refractivity contribution in [3.63, 3.8) is 0 Å². The van der Waals surface area contributed by atoms with E-state index in [4.69, 9.17) is 11.5 Å². The zero-order valence-electron chi connectivity index (χ0n) is 5.26. The monoisotopic (exact) mass is 138 g/mol. The predicted molar refractivity (Wildman–Crippen MR) is 39.2 cm³/mol. The zero-order valence-corrected chi connectivity index (χ0v) is 6.08. The van der Waals surface area contributed by atoms with Gasteiger partial charge in [0.1, 0.15) is 0 Å². The number of rotatable bonds is 3. The second-order valence-corrected chi connectivity index (χ2v) is 1.91. The molecule has 1 unspecified atom stereocenters. The largest absolute Gasteiger partial charge is 0.330 e. The molecule has 0 aromatic carbocycles. The van der Waals surface area contributed by atoms with Crippen molar-refractivity contribution in [1.82, 2.24) is 0 Å².